The molecule has 0 aliphatic rings. The van der Waals surface area contributed by atoms with Gasteiger partial charge in [0.1, 0.15) is 17.3 Å². The molecule has 0 bridgehead atoms. The van der Waals surface area contributed by atoms with Crippen LogP contribution in [0.1, 0.15) is 50.2 Å². The highest BCUT2D eigenvalue weighted by atomic mass is 19.1. The van der Waals surface area contributed by atoms with Crippen molar-refractivity contribution >= 4 is 22.8 Å². The number of nitrogens with one attached hydrogen (secondary N) is 2. The monoisotopic (exact) mass is 464 g/mol. The van der Waals surface area contributed by atoms with Crippen molar-refractivity contribution < 1.29 is 9.18 Å². The van der Waals surface area contributed by atoms with Gasteiger partial charge >= 0.3 is 5.69 Å². The van der Waals surface area contributed by atoms with E-state index in [1.54, 1.807) is 18.2 Å². The fraction of sp³-hybridized carbons (Fsp3) is 0.292. The summed E-state index contributed by atoms with van der Waals surface area (Å²) in [6, 6.07) is 8.92. The van der Waals surface area contributed by atoms with Crippen LogP contribution in [0.2, 0.25) is 0 Å². The van der Waals surface area contributed by atoms with Crippen LogP contribution < -0.4 is 16.6 Å². The molecule has 4 aromatic rings. The second kappa shape index (κ2) is 8.69. The molecule has 0 spiro atoms. The number of aryl methyl sites for hydroxylation is 1. The van der Waals surface area contributed by atoms with E-state index >= 15 is 0 Å². The molecule has 0 radical (unpaired) electrons. The summed E-state index contributed by atoms with van der Waals surface area (Å²) in [6.45, 7) is 8.26. The van der Waals surface area contributed by atoms with Crippen LogP contribution in [0.25, 0.3) is 16.7 Å². The van der Waals surface area contributed by atoms with E-state index in [2.05, 4.69) is 20.4 Å². The van der Waals surface area contributed by atoms with E-state index in [4.69, 9.17) is 0 Å². The van der Waals surface area contributed by atoms with Crippen LogP contribution in [0, 0.1) is 5.82 Å². The Labute approximate surface area is 194 Å². The van der Waals surface area contributed by atoms with Gasteiger partial charge in [0.15, 0.2) is 0 Å². The molecule has 3 heterocycles. The Hall–Kier alpha value is -4.08. The Morgan fingerprint density at radius 3 is 2.50 bits per heavy atom. The van der Waals surface area contributed by atoms with Crippen LogP contribution >= 0.6 is 0 Å². The van der Waals surface area contributed by atoms with Gasteiger partial charge in [-0.2, -0.15) is 5.10 Å². The zero-order chi connectivity index (χ0) is 24.6. The largest absolute Gasteiger partial charge is 0.329 e. The summed E-state index contributed by atoms with van der Waals surface area (Å²) < 4.78 is 16.3. The average molecular weight is 465 g/mol. The minimum absolute atomic E-state index is 0.142. The fourth-order valence-electron chi connectivity index (χ4n) is 3.53. The molecular formula is C24H25FN6O3. The minimum Gasteiger partial charge on any atom is -0.306 e. The maximum Gasteiger partial charge on any atom is 0.329 e. The molecule has 34 heavy (non-hydrogen) atoms. The van der Waals surface area contributed by atoms with E-state index in [1.807, 2.05) is 27.7 Å². The lowest BCUT2D eigenvalue weighted by molar-refractivity contribution is 0.102. The predicted octanol–water partition coefficient (Wildman–Crippen LogP) is 3.37. The second-order valence-electron chi connectivity index (χ2n) is 9.01. The highest BCUT2D eigenvalue weighted by Gasteiger charge is 2.22. The normalized spacial score (nSPS) is 11.7. The highest BCUT2D eigenvalue weighted by molar-refractivity contribution is 6.05. The van der Waals surface area contributed by atoms with E-state index in [9.17, 15) is 18.8 Å². The van der Waals surface area contributed by atoms with E-state index in [0.29, 0.717) is 24.5 Å². The zero-order valence-electron chi connectivity index (χ0n) is 19.3. The van der Waals surface area contributed by atoms with E-state index in [-0.39, 0.29) is 27.8 Å². The first-order chi connectivity index (χ1) is 16.1. The van der Waals surface area contributed by atoms with Gasteiger partial charge in [0, 0.05) is 24.2 Å². The molecule has 0 unspecified atom stereocenters. The predicted molar refractivity (Wildman–Crippen MR) is 127 cm³/mol. The van der Waals surface area contributed by atoms with Crippen molar-refractivity contribution in [1.82, 2.24) is 24.3 Å². The molecule has 0 saturated carbocycles. The molecule has 10 heteroatoms. The zero-order valence-corrected chi connectivity index (χ0v) is 19.3. The van der Waals surface area contributed by atoms with Crippen LogP contribution in [-0.2, 0) is 12.0 Å². The quantitative estimate of drug-likeness (QED) is 0.470. The molecule has 0 aliphatic heterocycles. The molecule has 3 aromatic heterocycles. The molecule has 2 N–H and O–H groups in total. The number of anilines is 1. The number of carbonyl (C=O) groups is 1. The number of fused-ring (bicyclic) bond motifs is 1. The van der Waals surface area contributed by atoms with Gasteiger partial charge in [-0.25, -0.2) is 18.9 Å². The molecule has 0 aliphatic carbocycles. The third-order valence-corrected chi connectivity index (χ3v) is 5.33. The lowest BCUT2D eigenvalue weighted by Crippen LogP contribution is -2.31. The Balaban J connectivity index is 1.75. The van der Waals surface area contributed by atoms with Crippen LogP contribution in [0.5, 0.6) is 0 Å². The van der Waals surface area contributed by atoms with Crippen molar-refractivity contribution in [3.05, 3.63) is 80.5 Å². The first-order valence-corrected chi connectivity index (χ1v) is 10.9. The number of H-pyrrole nitrogens is 1. The first kappa shape index (κ1) is 23.1. The SMILES string of the molecule is CCCn1c(=O)[nH]c(=O)c2cc(C(=O)Nc3cc(C(C)(C)C)nn3-c3ccc(F)cc3)cnc21. The van der Waals surface area contributed by atoms with Crippen molar-refractivity contribution in [2.24, 2.45) is 0 Å². The number of carbonyl (C=O) groups excluding carboxylic acids is 1. The van der Waals surface area contributed by atoms with Crippen LogP contribution in [0.15, 0.2) is 52.2 Å². The third-order valence-electron chi connectivity index (χ3n) is 5.33. The van der Waals surface area contributed by atoms with Gasteiger partial charge < -0.3 is 5.32 Å². The molecule has 176 valence electrons. The molecule has 0 saturated heterocycles. The molecule has 1 aromatic carbocycles. The summed E-state index contributed by atoms with van der Waals surface area (Å²) in [7, 11) is 0. The smallest absolute Gasteiger partial charge is 0.306 e. The van der Waals surface area contributed by atoms with E-state index in [0.717, 1.165) is 5.69 Å². The number of hydrogen-bond donors (Lipinski definition) is 2. The standard InChI is InChI=1S/C24H25FN6O3/c1-5-10-30-20-17(22(33)28-23(30)34)11-14(13-26-20)21(32)27-19-12-18(24(2,3)4)29-31(19)16-8-6-15(25)7-9-16/h6-9,11-13H,5,10H2,1-4H3,(H,27,32)(H,28,33,34). The first-order valence-electron chi connectivity index (χ1n) is 10.9. The van der Waals surface area contributed by atoms with Crippen molar-refractivity contribution in [3.63, 3.8) is 0 Å². The summed E-state index contributed by atoms with van der Waals surface area (Å²) in [5.41, 5.74) is 0.212. The molecule has 4 rings (SSSR count). The Morgan fingerprint density at radius 1 is 1.15 bits per heavy atom. The van der Waals surface area contributed by atoms with Gasteiger partial charge in [0.05, 0.1) is 22.3 Å². The molecule has 0 atom stereocenters. The van der Waals surface area contributed by atoms with Crippen LogP contribution in [-0.4, -0.2) is 30.2 Å². The average Bonchev–Trinajstić information content (AvgIpc) is 3.21. The Bertz CT molecular complexity index is 1490. The summed E-state index contributed by atoms with van der Waals surface area (Å²) in [6.07, 6.45) is 2.00. The van der Waals surface area contributed by atoms with Crippen molar-refractivity contribution in [2.75, 3.05) is 5.32 Å². The van der Waals surface area contributed by atoms with Gasteiger partial charge in [-0.3, -0.25) is 19.1 Å². The number of pyridine rings is 1. The maximum absolute atomic E-state index is 13.4. The summed E-state index contributed by atoms with van der Waals surface area (Å²) >= 11 is 0. The Morgan fingerprint density at radius 2 is 1.85 bits per heavy atom. The summed E-state index contributed by atoms with van der Waals surface area (Å²) in [5.74, 6) is -0.510. The van der Waals surface area contributed by atoms with E-state index < -0.39 is 17.2 Å². The molecule has 9 nitrogen and oxygen atoms in total. The number of aromatic nitrogens is 5. The number of rotatable bonds is 5. The van der Waals surface area contributed by atoms with Gasteiger partial charge in [0.2, 0.25) is 0 Å². The third kappa shape index (κ3) is 4.39. The number of halogens is 1. The fourth-order valence-corrected chi connectivity index (χ4v) is 3.53. The van der Waals surface area contributed by atoms with Gasteiger partial charge in [-0.1, -0.05) is 27.7 Å². The topological polar surface area (TPSA) is 115 Å². The van der Waals surface area contributed by atoms with Gasteiger partial charge in [-0.15, -0.1) is 0 Å². The van der Waals surface area contributed by atoms with Gasteiger partial charge in [-0.05, 0) is 36.8 Å². The number of benzene rings is 1. The number of amides is 1. The number of aromatic amines is 1. The summed E-state index contributed by atoms with van der Waals surface area (Å²) in [4.78, 5) is 44.1. The van der Waals surface area contributed by atoms with Gasteiger partial charge in [0.25, 0.3) is 11.5 Å². The lowest BCUT2D eigenvalue weighted by Gasteiger charge is -2.14. The van der Waals surface area contributed by atoms with Crippen molar-refractivity contribution in [2.45, 2.75) is 46.1 Å². The lowest BCUT2D eigenvalue weighted by atomic mass is 9.92. The Kier molecular flexibility index (Phi) is 5.90. The van der Waals surface area contributed by atoms with Crippen LogP contribution in [0.3, 0.4) is 0 Å². The summed E-state index contributed by atoms with van der Waals surface area (Å²) in [5, 5.41) is 7.56. The molecule has 1 amide bonds. The highest BCUT2D eigenvalue weighted by Crippen LogP contribution is 2.27. The number of nitrogens with zero attached hydrogens (tertiary/aromatic N) is 4. The molecular weight excluding hydrogens is 439 g/mol. The maximum atomic E-state index is 13.4. The van der Waals surface area contributed by atoms with Crippen molar-refractivity contribution in [3.8, 4) is 5.69 Å². The minimum atomic E-state index is -0.610. The van der Waals surface area contributed by atoms with Crippen molar-refractivity contribution in [1.29, 1.82) is 0 Å². The van der Waals surface area contributed by atoms with Crippen LogP contribution in [0.4, 0.5) is 10.2 Å². The second-order valence-corrected chi connectivity index (χ2v) is 9.01. The van der Waals surface area contributed by atoms with E-state index in [1.165, 1.54) is 33.6 Å². The molecule has 0 fully saturated rings. The number of hydrogen-bond acceptors (Lipinski definition) is 5.